The van der Waals surface area contributed by atoms with Crippen molar-refractivity contribution in [2.45, 2.75) is 19.3 Å². The van der Waals surface area contributed by atoms with Crippen molar-refractivity contribution < 1.29 is 14.4 Å². The van der Waals surface area contributed by atoms with Gasteiger partial charge in [0.05, 0.1) is 11.8 Å². The Bertz CT molecular complexity index is 709. The Kier molecular flexibility index (Phi) is 6.34. The maximum Gasteiger partial charge on any atom is 0.228 e. The van der Waals surface area contributed by atoms with Crippen LogP contribution >= 0.6 is 11.6 Å². The van der Waals surface area contributed by atoms with E-state index >= 15 is 0 Å². The number of likely N-dealkylation sites (tertiary alicyclic amines) is 1. The lowest BCUT2D eigenvalue weighted by Crippen LogP contribution is -2.48. The molecule has 0 aromatic heterocycles. The summed E-state index contributed by atoms with van der Waals surface area (Å²) in [7, 11) is 0. The van der Waals surface area contributed by atoms with Crippen LogP contribution in [0.3, 0.4) is 0 Å². The van der Waals surface area contributed by atoms with E-state index in [0.29, 0.717) is 37.7 Å². The number of benzene rings is 1. The highest BCUT2D eigenvalue weighted by Crippen LogP contribution is 2.28. The number of nitrogens with zero attached hydrogens (tertiary/aromatic N) is 2. The number of hydrogen-bond donors (Lipinski definition) is 2. The van der Waals surface area contributed by atoms with Gasteiger partial charge in [-0.2, -0.15) is 0 Å². The van der Waals surface area contributed by atoms with Crippen LogP contribution in [-0.2, 0) is 14.4 Å². The smallest absolute Gasteiger partial charge is 0.228 e. The molecule has 0 spiro atoms. The third-order valence-corrected chi connectivity index (χ3v) is 5.41. The summed E-state index contributed by atoms with van der Waals surface area (Å²) < 4.78 is 0. The van der Waals surface area contributed by atoms with Crippen LogP contribution in [0.4, 0.5) is 5.69 Å². The van der Waals surface area contributed by atoms with E-state index in [4.69, 9.17) is 17.3 Å². The number of halogens is 1. The van der Waals surface area contributed by atoms with E-state index in [1.807, 2.05) is 0 Å². The van der Waals surface area contributed by atoms with Gasteiger partial charge in [-0.15, -0.1) is 0 Å². The van der Waals surface area contributed by atoms with Crippen LogP contribution in [0.2, 0.25) is 5.02 Å². The molecule has 0 bridgehead atoms. The molecule has 2 fully saturated rings. The third kappa shape index (κ3) is 4.59. The minimum atomic E-state index is -0.376. The molecule has 146 valence electrons. The number of carbonyl (C=O) groups is 3. The third-order valence-electron chi connectivity index (χ3n) is 5.16. The Hall–Kier alpha value is -2.12. The molecule has 7 nitrogen and oxygen atoms in total. The molecular formula is C19H25ClN4O3. The van der Waals surface area contributed by atoms with Crippen LogP contribution in [0.5, 0.6) is 0 Å². The zero-order chi connectivity index (χ0) is 19.4. The van der Waals surface area contributed by atoms with Crippen molar-refractivity contribution in [3.8, 4) is 0 Å². The standard InChI is InChI=1S/C19H25ClN4O3/c20-15-3-5-16(6-4-15)24-12-14(10-17(24)25)19(27)23-9-1-2-13(11-23)18(26)22-8-7-21/h3-6,13-14H,1-2,7-12,21H2,(H,22,26). The Labute approximate surface area is 163 Å². The Morgan fingerprint density at radius 1 is 1.19 bits per heavy atom. The van der Waals surface area contributed by atoms with E-state index in [0.717, 1.165) is 18.5 Å². The molecule has 3 rings (SSSR count). The Balaban J connectivity index is 1.61. The summed E-state index contributed by atoms with van der Waals surface area (Å²) in [6.45, 7) is 2.23. The van der Waals surface area contributed by atoms with Gasteiger partial charge < -0.3 is 20.9 Å². The summed E-state index contributed by atoms with van der Waals surface area (Å²) in [4.78, 5) is 40.9. The molecule has 3 N–H and O–H groups in total. The first-order valence-corrected chi connectivity index (χ1v) is 9.70. The maximum absolute atomic E-state index is 12.9. The van der Waals surface area contributed by atoms with Crippen molar-refractivity contribution in [2.24, 2.45) is 17.6 Å². The number of nitrogens with two attached hydrogens (primary N) is 1. The fraction of sp³-hybridized carbons (Fsp3) is 0.526. The van der Waals surface area contributed by atoms with Crippen LogP contribution in [0.15, 0.2) is 24.3 Å². The van der Waals surface area contributed by atoms with Crippen LogP contribution in [-0.4, -0.2) is 55.3 Å². The van der Waals surface area contributed by atoms with Gasteiger partial charge >= 0.3 is 0 Å². The average molecular weight is 393 g/mol. The first-order valence-electron chi connectivity index (χ1n) is 9.32. The summed E-state index contributed by atoms with van der Waals surface area (Å²) in [5.74, 6) is -0.748. The molecule has 0 radical (unpaired) electrons. The van der Waals surface area contributed by atoms with Gasteiger partial charge in [0.25, 0.3) is 0 Å². The number of rotatable bonds is 5. The molecule has 2 aliphatic heterocycles. The summed E-state index contributed by atoms with van der Waals surface area (Å²) in [5.41, 5.74) is 6.17. The molecule has 2 saturated heterocycles. The second-order valence-corrected chi connectivity index (χ2v) is 7.52. The highest BCUT2D eigenvalue weighted by Gasteiger charge is 2.39. The number of carbonyl (C=O) groups excluding carboxylic acids is 3. The minimum Gasteiger partial charge on any atom is -0.355 e. The second-order valence-electron chi connectivity index (χ2n) is 7.08. The topological polar surface area (TPSA) is 95.7 Å². The normalized spacial score (nSPS) is 22.8. The fourth-order valence-electron chi connectivity index (χ4n) is 3.73. The first kappa shape index (κ1) is 19.6. The van der Waals surface area contributed by atoms with Crippen LogP contribution < -0.4 is 16.0 Å². The van der Waals surface area contributed by atoms with Crippen molar-refractivity contribution in [1.29, 1.82) is 0 Å². The molecular weight excluding hydrogens is 368 g/mol. The molecule has 2 aliphatic rings. The molecule has 2 unspecified atom stereocenters. The Morgan fingerprint density at radius 2 is 1.93 bits per heavy atom. The van der Waals surface area contributed by atoms with Crippen molar-refractivity contribution >= 4 is 35.0 Å². The molecule has 8 heteroatoms. The number of anilines is 1. The van der Waals surface area contributed by atoms with Gasteiger partial charge in [-0.25, -0.2) is 0 Å². The molecule has 2 heterocycles. The lowest BCUT2D eigenvalue weighted by atomic mass is 9.95. The number of nitrogens with one attached hydrogen (secondary N) is 1. The molecule has 1 aromatic carbocycles. The fourth-order valence-corrected chi connectivity index (χ4v) is 3.86. The lowest BCUT2D eigenvalue weighted by molar-refractivity contribution is -0.139. The first-order chi connectivity index (χ1) is 13.0. The summed E-state index contributed by atoms with van der Waals surface area (Å²) in [6, 6.07) is 7.03. The van der Waals surface area contributed by atoms with Gasteiger partial charge in [0.1, 0.15) is 0 Å². The molecule has 27 heavy (non-hydrogen) atoms. The molecule has 0 saturated carbocycles. The van der Waals surface area contributed by atoms with Crippen LogP contribution in [0, 0.1) is 11.8 Å². The van der Waals surface area contributed by atoms with E-state index < -0.39 is 0 Å². The predicted octanol–water partition coefficient (Wildman–Crippen LogP) is 1.01. The van der Waals surface area contributed by atoms with Crippen molar-refractivity contribution in [3.05, 3.63) is 29.3 Å². The highest BCUT2D eigenvalue weighted by molar-refractivity contribution is 6.30. The van der Waals surface area contributed by atoms with E-state index in [9.17, 15) is 14.4 Å². The van der Waals surface area contributed by atoms with Crippen molar-refractivity contribution in [1.82, 2.24) is 10.2 Å². The summed E-state index contributed by atoms with van der Waals surface area (Å²) in [6.07, 6.45) is 1.75. The van der Waals surface area contributed by atoms with E-state index in [-0.39, 0.29) is 36.0 Å². The van der Waals surface area contributed by atoms with Gasteiger partial charge in [-0.1, -0.05) is 11.6 Å². The number of piperidine rings is 1. The number of amides is 3. The predicted molar refractivity (Wildman–Crippen MR) is 103 cm³/mol. The molecule has 2 atom stereocenters. The van der Waals surface area contributed by atoms with Gasteiger partial charge in [0.2, 0.25) is 17.7 Å². The van der Waals surface area contributed by atoms with Crippen molar-refractivity contribution in [2.75, 3.05) is 37.6 Å². The largest absolute Gasteiger partial charge is 0.355 e. The van der Waals surface area contributed by atoms with E-state index in [1.165, 1.54) is 0 Å². The van der Waals surface area contributed by atoms with Gasteiger partial charge in [0, 0.05) is 49.9 Å². The molecule has 1 aromatic rings. The summed E-state index contributed by atoms with van der Waals surface area (Å²) >= 11 is 5.90. The minimum absolute atomic E-state index is 0.0452. The maximum atomic E-state index is 12.9. The average Bonchev–Trinajstić information content (AvgIpc) is 3.08. The van der Waals surface area contributed by atoms with Crippen molar-refractivity contribution in [3.63, 3.8) is 0 Å². The van der Waals surface area contributed by atoms with Gasteiger partial charge in [-0.05, 0) is 37.1 Å². The summed E-state index contributed by atoms with van der Waals surface area (Å²) in [5, 5.41) is 3.40. The van der Waals surface area contributed by atoms with E-state index in [1.54, 1.807) is 34.1 Å². The molecule has 3 amide bonds. The Morgan fingerprint density at radius 3 is 2.63 bits per heavy atom. The quantitative estimate of drug-likeness (QED) is 0.781. The van der Waals surface area contributed by atoms with E-state index in [2.05, 4.69) is 5.32 Å². The van der Waals surface area contributed by atoms with Crippen LogP contribution in [0.1, 0.15) is 19.3 Å². The van der Waals surface area contributed by atoms with Crippen LogP contribution in [0.25, 0.3) is 0 Å². The van der Waals surface area contributed by atoms with Gasteiger partial charge in [0.15, 0.2) is 0 Å². The zero-order valence-electron chi connectivity index (χ0n) is 15.2. The highest BCUT2D eigenvalue weighted by atomic mass is 35.5. The monoisotopic (exact) mass is 392 g/mol. The lowest BCUT2D eigenvalue weighted by Gasteiger charge is -2.33. The van der Waals surface area contributed by atoms with Gasteiger partial charge in [-0.3, -0.25) is 14.4 Å². The second kappa shape index (κ2) is 8.71. The number of hydrogen-bond acceptors (Lipinski definition) is 4. The molecule has 0 aliphatic carbocycles. The SMILES string of the molecule is NCCNC(=O)C1CCCN(C(=O)C2CC(=O)N(c3ccc(Cl)cc3)C2)C1. The zero-order valence-corrected chi connectivity index (χ0v) is 16.0.